The Morgan fingerprint density at radius 3 is 2.72 bits per heavy atom. The molecule has 0 aliphatic carbocycles. The summed E-state index contributed by atoms with van der Waals surface area (Å²) in [7, 11) is 0. The topological polar surface area (TPSA) is 35.2 Å². The van der Waals surface area contributed by atoms with Crippen molar-refractivity contribution >= 4 is 28.9 Å². The number of benzene rings is 2. The second kappa shape index (κ2) is 5.46. The van der Waals surface area contributed by atoms with Gasteiger partial charge in [0.15, 0.2) is 0 Å². The van der Waals surface area contributed by atoms with Crippen LogP contribution in [0.15, 0.2) is 36.4 Å². The van der Waals surface area contributed by atoms with E-state index in [2.05, 4.69) is 0 Å². The molecule has 0 amide bonds. The summed E-state index contributed by atoms with van der Waals surface area (Å²) in [5, 5.41) is 0.570. The first-order chi connectivity index (χ1) is 8.58. The fourth-order valence-electron chi connectivity index (χ4n) is 1.45. The number of hydrogen-bond acceptors (Lipinski definition) is 2. The minimum atomic E-state index is -0.486. The Morgan fingerprint density at radius 1 is 1.17 bits per heavy atom. The molecule has 18 heavy (non-hydrogen) atoms. The SMILES string of the molecule is Nc1ccc(Cl)cc1OCc1cccc(Cl)c1F. The largest absolute Gasteiger partial charge is 0.487 e. The van der Waals surface area contributed by atoms with Gasteiger partial charge in [-0.3, -0.25) is 0 Å². The third-order valence-corrected chi connectivity index (χ3v) is 2.92. The molecule has 5 heteroatoms. The molecule has 2 N–H and O–H groups in total. The fourth-order valence-corrected chi connectivity index (χ4v) is 1.80. The molecular formula is C13H10Cl2FNO. The summed E-state index contributed by atoms with van der Waals surface area (Å²) < 4.78 is 19.0. The molecule has 2 nitrogen and oxygen atoms in total. The highest BCUT2D eigenvalue weighted by atomic mass is 35.5. The molecule has 2 rings (SSSR count). The van der Waals surface area contributed by atoms with Crippen molar-refractivity contribution in [3.05, 3.63) is 57.8 Å². The molecule has 0 fully saturated rings. The van der Waals surface area contributed by atoms with Crippen LogP contribution in [0, 0.1) is 5.82 Å². The standard InChI is InChI=1S/C13H10Cl2FNO/c14-9-4-5-11(17)12(6-9)18-7-8-2-1-3-10(15)13(8)16/h1-6H,7,17H2. The number of halogens is 3. The van der Waals surface area contributed by atoms with Crippen LogP contribution in [0.25, 0.3) is 0 Å². The Kier molecular flexibility index (Phi) is 3.94. The van der Waals surface area contributed by atoms with E-state index in [1.54, 1.807) is 30.3 Å². The predicted molar refractivity (Wildman–Crippen MR) is 71.6 cm³/mol. The number of nitrogen functional groups attached to an aromatic ring is 1. The molecule has 94 valence electrons. The van der Waals surface area contributed by atoms with Crippen molar-refractivity contribution in [3.63, 3.8) is 0 Å². The van der Waals surface area contributed by atoms with E-state index in [4.69, 9.17) is 33.7 Å². The first-order valence-corrected chi connectivity index (χ1v) is 5.94. The van der Waals surface area contributed by atoms with Gasteiger partial charge >= 0.3 is 0 Å². The minimum Gasteiger partial charge on any atom is -0.487 e. The van der Waals surface area contributed by atoms with Gasteiger partial charge < -0.3 is 10.5 Å². The summed E-state index contributed by atoms with van der Waals surface area (Å²) in [6.07, 6.45) is 0. The molecule has 0 bridgehead atoms. The summed E-state index contributed by atoms with van der Waals surface area (Å²) in [5.41, 5.74) is 6.53. The smallest absolute Gasteiger partial charge is 0.148 e. The zero-order valence-electron chi connectivity index (χ0n) is 9.29. The molecule has 0 saturated heterocycles. The molecule has 0 atom stereocenters. The van der Waals surface area contributed by atoms with E-state index in [0.29, 0.717) is 22.0 Å². The van der Waals surface area contributed by atoms with Gasteiger partial charge in [-0.2, -0.15) is 0 Å². The summed E-state index contributed by atoms with van der Waals surface area (Å²) in [6.45, 7) is 0.0386. The van der Waals surface area contributed by atoms with E-state index in [9.17, 15) is 4.39 Å². The number of rotatable bonds is 3. The monoisotopic (exact) mass is 285 g/mol. The van der Waals surface area contributed by atoms with Gasteiger partial charge in [-0.25, -0.2) is 4.39 Å². The molecular weight excluding hydrogens is 276 g/mol. The van der Waals surface area contributed by atoms with Crippen molar-refractivity contribution < 1.29 is 9.13 Å². The maximum atomic E-state index is 13.6. The molecule has 0 aliphatic rings. The van der Waals surface area contributed by atoms with Gasteiger partial charge in [0.2, 0.25) is 0 Å². The van der Waals surface area contributed by atoms with Crippen LogP contribution in [0.5, 0.6) is 5.75 Å². The fraction of sp³-hybridized carbons (Fsp3) is 0.0769. The van der Waals surface area contributed by atoms with Crippen LogP contribution < -0.4 is 10.5 Å². The molecule has 0 saturated carbocycles. The average molecular weight is 286 g/mol. The van der Waals surface area contributed by atoms with Gasteiger partial charge in [-0.1, -0.05) is 35.3 Å². The highest BCUT2D eigenvalue weighted by Gasteiger charge is 2.08. The van der Waals surface area contributed by atoms with Crippen LogP contribution in [0.3, 0.4) is 0 Å². The van der Waals surface area contributed by atoms with Crippen LogP contribution in [-0.2, 0) is 6.61 Å². The Balaban J connectivity index is 2.16. The number of anilines is 1. The highest BCUT2D eigenvalue weighted by molar-refractivity contribution is 6.31. The molecule has 2 aromatic carbocycles. The lowest BCUT2D eigenvalue weighted by atomic mass is 10.2. The maximum absolute atomic E-state index is 13.6. The number of ether oxygens (including phenoxy) is 1. The van der Waals surface area contributed by atoms with E-state index in [1.165, 1.54) is 6.07 Å². The van der Waals surface area contributed by atoms with E-state index in [1.807, 2.05) is 0 Å². The van der Waals surface area contributed by atoms with Gasteiger partial charge in [0, 0.05) is 16.7 Å². The van der Waals surface area contributed by atoms with Gasteiger partial charge in [0.05, 0.1) is 10.7 Å². The first-order valence-electron chi connectivity index (χ1n) is 5.18. The van der Waals surface area contributed by atoms with Gasteiger partial charge in [0.1, 0.15) is 18.2 Å². The lowest BCUT2D eigenvalue weighted by molar-refractivity contribution is 0.301. The molecule has 0 aromatic heterocycles. The van der Waals surface area contributed by atoms with Crippen LogP contribution in [0.4, 0.5) is 10.1 Å². The Hall–Kier alpha value is -1.45. The van der Waals surface area contributed by atoms with Crippen molar-refractivity contribution in [1.29, 1.82) is 0 Å². The summed E-state index contributed by atoms with van der Waals surface area (Å²) in [5.74, 6) is -0.0679. The Morgan fingerprint density at radius 2 is 1.94 bits per heavy atom. The number of nitrogens with two attached hydrogens (primary N) is 1. The van der Waals surface area contributed by atoms with Gasteiger partial charge in [0.25, 0.3) is 0 Å². The van der Waals surface area contributed by atoms with Crippen LogP contribution in [-0.4, -0.2) is 0 Å². The molecule has 2 aromatic rings. The first kappa shape index (κ1) is 13.0. The second-order valence-electron chi connectivity index (χ2n) is 3.68. The minimum absolute atomic E-state index is 0.0386. The zero-order chi connectivity index (χ0) is 13.1. The van der Waals surface area contributed by atoms with Crippen LogP contribution >= 0.6 is 23.2 Å². The quantitative estimate of drug-likeness (QED) is 0.854. The molecule has 0 spiro atoms. The molecule has 0 heterocycles. The molecule has 0 radical (unpaired) electrons. The zero-order valence-corrected chi connectivity index (χ0v) is 10.8. The predicted octanol–water partition coefficient (Wildman–Crippen LogP) is 4.29. The van der Waals surface area contributed by atoms with Crippen molar-refractivity contribution in [3.8, 4) is 5.75 Å². The van der Waals surface area contributed by atoms with Crippen molar-refractivity contribution in [2.45, 2.75) is 6.61 Å². The molecule has 0 unspecified atom stereocenters. The normalized spacial score (nSPS) is 10.4. The second-order valence-corrected chi connectivity index (χ2v) is 4.53. The average Bonchev–Trinajstić information content (AvgIpc) is 2.35. The van der Waals surface area contributed by atoms with E-state index >= 15 is 0 Å². The van der Waals surface area contributed by atoms with Crippen LogP contribution in [0.1, 0.15) is 5.56 Å². The lowest BCUT2D eigenvalue weighted by Gasteiger charge is -2.10. The Labute approximate surface area is 114 Å². The van der Waals surface area contributed by atoms with E-state index in [0.717, 1.165) is 0 Å². The van der Waals surface area contributed by atoms with Gasteiger partial charge in [-0.15, -0.1) is 0 Å². The van der Waals surface area contributed by atoms with Crippen molar-refractivity contribution in [2.24, 2.45) is 0 Å². The van der Waals surface area contributed by atoms with E-state index in [-0.39, 0.29) is 11.6 Å². The lowest BCUT2D eigenvalue weighted by Crippen LogP contribution is -2.01. The Bertz CT molecular complexity index is 573. The maximum Gasteiger partial charge on any atom is 0.148 e. The number of hydrogen-bond donors (Lipinski definition) is 1. The van der Waals surface area contributed by atoms with Crippen molar-refractivity contribution in [2.75, 3.05) is 5.73 Å². The van der Waals surface area contributed by atoms with Gasteiger partial charge in [-0.05, 0) is 18.2 Å². The third kappa shape index (κ3) is 2.86. The summed E-state index contributed by atoms with van der Waals surface area (Å²) >= 11 is 11.5. The van der Waals surface area contributed by atoms with Crippen molar-refractivity contribution in [1.82, 2.24) is 0 Å². The van der Waals surface area contributed by atoms with Crippen LogP contribution in [0.2, 0.25) is 10.0 Å². The van der Waals surface area contributed by atoms with E-state index < -0.39 is 5.82 Å². The third-order valence-electron chi connectivity index (χ3n) is 2.39. The summed E-state index contributed by atoms with van der Waals surface area (Å²) in [4.78, 5) is 0. The highest BCUT2D eigenvalue weighted by Crippen LogP contribution is 2.27. The summed E-state index contributed by atoms with van der Waals surface area (Å²) in [6, 6.07) is 9.61. The molecule has 0 aliphatic heterocycles.